The second kappa shape index (κ2) is 8.21. The third kappa shape index (κ3) is 4.90. The minimum absolute atomic E-state index is 0.110. The maximum atomic E-state index is 13.4. The Balaban J connectivity index is 1.48. The second-order valence-electron chi connectivity index (χ2n) is 7.04. The topological polar surface area (TPSA) is 97.1 Å². The van der Waals surface area contributed by atoms with Gasteiger partial charge in [0, 0.05) is 11.5 Å². The molecule has 4 rings (SSSR count). The van der Waals surface area contributed by atoms with Crippen molar-refractivity contribution in [2.24, 2.45) is 5.92 Å². The summed E-state index contributed by atoms with van der Waals surface area (Å²) in [7, 11) is 0. The number of hydrogen-bond acceptors (Lipinski definition) is 6. The zero-order valence-electron chi connectivity index (χ0n) is 16.1. The van der Waals surface area contributed by atoms with Crippen LogP contribution in [0.25, 0.3) is 11.5 Å². The van der Waals surface area contributed by atoms with Crippen LogP contribution in [-0.4, -0.2) is 28.2 Å². The Morgan fingerprint density at radius 2 is 1.84 bits per heavy atom. The fourth-order valence-electron chi connectivity index (χ4n) is 2.86. The molecule has 160 valence electrons. The van der Waals surface area contributed by atoms with Crippen LogP contribution >= 0.6 is 0 Å². The first kappa shape index (κ1) is 20.6. The summed E-state index contributed by atoms with van der Waals surface area (Å²) >= 11 is 0. The molecule has 2 heterocycles. The number of benzene rings is 1. The molecule has 0 aliphatic heterocycles. The van der Waals surface area contributed by atoms with E-state index < -0.39 is 23.5 Å². The Labute approximate surface area is 174 Å². The van der Waals surface area contributed by atoms with E-state index in [1.54, 1.807) is 18.2 Å². The van der Waals surface area contributed by atoms with Crippen molar-refractivity contribution in [1.29, 1.82) is 0 Å². The Morgan fingerprint density at radius 3 is 2.45 bits per heavy atom. The number of nitrogens with one attached hydrogen (secondary N) is 2. The molecule has 31 heavy (non-hydrogen) atoms. The van der Waals surface area contributed by atoms with E-state index in [-0.39, 0.29) is 29.8 Å². The van der Waals surface area contributed by atoms with Gasteiger partial charge in [0.25, 0.3) is 5.91 Å². The van der Waals surface area contributed by atoms with Crippen LogP contribution in [0.3, 0.4) is 0 Å². The van der Waals surface area contributed by atoms with Crippen LogP contribution in [0, 0.1) is 5.92 Å². The van der Waals surface area contributed by atoms with Crippen LogP contribution in [-0.2, 0) is 11.0 Å². The normalized spacial score (nSPS) is 13.6. The van der Waals surface area contributed by atoms with Gasteiger partial charge in [-0.1, -0.05) is 18.2 Å². The molecule has 1 amide bonds. The van der Waals surface area contributed by atoms with E-state index >= 15 is 0 Å². The van der Waals surface area contributed by atoms with Gasteiger partial charge in [-0.3, -0.25) is 9.59 Å². The maximum absolute atomic E-state index is 13.4. The second-order valence-corrected chi connectivity index (χ2v) is 7.04. The number of carbonyl (C=O) groups excluding carboxylic acids is 2. The van der Waals surface area contributed by atoms with E-state index in [1.807, 2.05) is 0 Å². The fraction of sp³-hybridized carbons (Fsp3) is 0.238. The number of hydrogen-bond donors (Lipinski definition) is 2. The number of halogens is 3. The smallest absolute Gasteiger partial charge is 0.431 e. The third-order valence-electron chi connectivity index (χ3n) is 4.62. The number of pyridine rings is 1. The number of ketones is 1. The Hall–Kier alpha value is -3.69. The van der Waals surface area contributed by atoms with E-state index in [0.29, 0.717) is 11.4 Å². The molecular weight excluding hydrogens is 413 g/mol. The van der Waals surface area contributed by atoms with Gasteiger partial charge >= 0.3 is 6.18 Å². The number of nitrogens with zero attached hydrogens (tertiary/aromatic N) is 2. The van der Waals surface area contributed by atoms with Gasteiger partial charge in [0.1, 0.15) is 5.82 Å². The minimum Gasteiger partial charge on any atom is -0.431 e. The number of Topliss-reactive ketones (excluding diaryl/α,β-unsaturated/α-hetero) is 1. The van der Waals surface area contributed by atoms with Crippen LogP contribution in [0.5, 0.6) is 0 Å². The third-order valence-corrected chi connectivity index (χ3v) is 4.62. The molecule has 0 radical (unpaired) electrons. The summed E-state index contributed by atoms with van der Waals surface area (Å²) in [5.41, 5.74) is -0.394. The molecule has 0 unspecified atom stereocenters. The van der Waals surface area contributed by atoms with E-state index in [9.17, 15) is 22.8 Å². The molecule has 7 nitrogen and oxygen atoms in total. The molecule has 0 bridgehead atoms. The molecule has 2 aromatic heterocycles. The quantitative estimate of drug-likeness (QED) is 0.577. The number of anilines is 2. The lowest BCUT2D eigenvalue weighted by Gasteiger charge is -2.08. The van der Waals surface area contributed by atoms with E-state index in [4.69, 9.17) is 4.42 Å². The monoisotopic (exact) mass is 430 g/mol. The number of rotatable bonds is 7. The van der Waals surface area contributed by atoms with Crippen molar-refractivity contribution in [3.8, 4) is 11.5 Å². The number of amides is 1. The Bertz CT molecular complexity index is 1090. The van der Waals surface area contributed by atoms with E-state index in [2.05, 4.69) is 20.6 Å². The van der Waals surface area contributed by atoms with Crippen molar-refractivity contribution in [2.45, 2.75) is 19.0 Å². The average Bonchev–Trinajstić information content (AvgIpc) is 3.50. The Morgan fingerprint density at radius 1 is 1.10 bits per heavy atom. The van der Waals surface area contributed by atoms with Crippen molar-refractivity contribution in [1.82, 2.24) is 9.97 Å². The summed E-state index contributed by atoms with van der Waals surface area (Å²) in [6.07, 6.45) is -1.81. The molecule has 0 atom stereocenters. The average molecular weight is 430 g/mol. The fourth-order valence-corrected chi connectivity index (χ4v) is 2.86. The minimum atomic E-state index is -4.90. The van der Waals surface area contributed by atoms with Gasteiger partial charge in [-0.05, 0) is 37.1 Å². The summed E-state index contributed by atoms with van der Waals surface area (Å²) in [4.78, 5) is 32.0. The van der Waals surface area contributed by atoms with Crippen molar-refractivity contribution in [2.75, 3.05) is 17.2 Å². The standard InChI is InChI=1S/C21H17F3N4O3/c22-21(23,24)18-17(28-20(31-18)13-4-2-1-3-5-13)19(30)27-14-8-9-16(25-10-14)26-11-15(29)12-6-7-12/h1-5,8-10,12H,6-7,11H2,(H,25,26)(H,27,30). The zero-order chi connectivity index (χ0) is 22.0. The number of alkyl halides is 3. The Kier molecular flexibility index (Phi) is 5.45. The largest absolute Gasteiger partial charge is 0.452 e. The molecule has 1 aromatic carbocycles. The van der Waals surface area contributed by atoms with Crippen LogP contribution in [0.1, 0.15) is 29.1 Å². The van der Waals surface area contributed by atoms with Gasteiger partial charge in [0.05, 0.1) is 18.4 Å². The molecule has 10 heteroatoms. The molecule has 0 saturated heterocycles. The molecule has 3 aromatic rings. The molecule has 2 N–H and O–H groups in total. The molecule has 0 spiro atoms. The number of oxazole rings is 1. The van der Waals surface area contributed by atoms with Gasteiger partial charge in [0.2, 0.25) is 11.7 Å². The van der Waals surface area contributed by atoms with Crippen molar-refractivity contribution >= 4 is 23.2 Å². The lowest BCUT2D eigenvalue weighted by molar-refractivity contribution is -0.153. The van der Waals surface area contributed by atoms with Gasteiger partial charge in [-0.2, -0.15) is 13.2 Å². The van der Waals surface area contributed by atoms with Gasteiger partial charge < -0.3 is 15.1 Å². The lowest BCUT2D eigenvalue weighted by Crippen LogP contribution is -2.18. The van der Waals surface area contributed by atoms with Crippen molar-refractivity contribution in [3.63, 3.8) is 0 Å². The van der Waals surface area contributed by atoms with Crippen LogP contribution in [0.15, 0.2) is 53.1 Å². The molecule has 1 aliphatic rings. The summed E-state index contributed by atoms with van der Waals surface area (Å²) in [6.45, 7) is 0.152. The zero-order valence-corrected chi connectivity index (χ0v) is 16.1. The van der Waals surface area contributed by atoms with Crippen LogP contribution in [0.2, 0.25) is 0 Å². The lowest BCUT2D eigenvalue weighted by atomic mass is 10.2. The molecular formula is C21H17F3N4O3. The van der Waals surface area contributed by atoms with E-state index in [0.717, 1.165) is 12.8 Å². The summed E-state index contributed by atoms with van der Waals surface area (Å²) < 4.78 is 45.0. The van der Waals surface area contributed by atoms with Gasteiger partial charge in [-0.15, -0.1) is 0 Å². The summed E-state index contributed by atoms with van der Waals surface area (Å²) in [6, 6.07) is 10.9. The van der Waals surface area contributed by atoms with Gasteiger partial charge in [-0.25, -0.2) is 9.97 Å². The highest BCUT2D eigenvalue weighted by molar-refractivity contribution is 6.04. The molecule has 1 aliphatic carbocycles. The molecule has 1 fully saturated rings. The highest BCUT2D eigenvalue weighted by Gasteiger charge is 2.42. The first-order chi connectivity index (χ1) is 14.8. The first-order valence-corrected chi connectivity index (χ1v) is 9.48. The summed E-state index contributed by atoms with van der Waals surface area (Å²) in [5, 5.41) is 5.22. The first-order valence-electron chi connectivity index (χ1n) is 9.48. The number of carbonyl (C=O) groups is 2. The van der Waals surface area contributed by atoms with Gasteiger partial charge in [0.15, 0.2) is 11.5 Å². The van der Waals surface area contributed by atoms with Crippen LogP contribution < -0.4 is 10.6 Å². The SMILES string of the molecule is O=C(Nc1ccc(NCC(=O)C2CC2)nc1)c1nc(-c2ccccc2)oc1C(F)(F)F. The van der Waals surface area contributed by atoms with E-state index in [1.165, 1.54) is 30.5 Å². The molecule has 1 saturated carbocycles. The summed E-state index contributed by atoms with van der Waals surface area (Å²) in [5.74, 6) is -2.22. The van der Waals surface area contributed by atoms with Crippen molar-refractivity contribution < 1.29 is 27.2 Å². The van der Waals surface area contributed by atoms with Crippen LogP contribution in [0.4, 0.5) is 24.7 Å². The maximum Gasteiger partial charge on any atom is 0.452 e. The predicted octanol–water partition coefficient (Wildman–Crippen LogP) is 4.40. The highest BCUT2D eigenvalue weighted by atomic mass is 19.4. The highest BCUT2D eigenvalue weighted by Crippen LogP contribution is 2.35. The number of aromatic nitrogens is 2. The predicted molar refractivity (Wildman–Crippen MR) is 105 cm³/mol. The van der Waals surface area contributed by atoms with Crippen molar-refractivity contribution in [3.05, 3.63) is 60.1 Å².